The summed E-state index contributed by atoms with van der Waals surface area (Å²) in [6.45, 7) is 2.16. The summed E-state index contributed by atoms with van der Waals surface area (Å²) < 4.78 is 0. The fourth-order valence-electron chi connectivity index (χ4n) is 2.53. The summed E-state index contributed by atoms with van der Waals surface area (Å²) in [4.78, 5) is 12.1. The number of hydrogen-bond acceptors (Lipinski definition) is 6. The molecule has 7 heteroatoms. The van der Waals surface area contributed by atoms with Gasteiger partial charge in [-0.05, 0) is 36.8 Å². The van der Waals surface area contributed by atoms with E-state index < -0.39 is 5.54 Å². The van der Waals surface area contributed by atoms with Gasteiger partial charge in [0.25, 0.3) is 0 Å². The molecule has 0 saturated heterocycles. The van der Waals surface area contributed by atoms with Crippen LogP contribution in [0.1, 0.15) is 32.6 Å². The number of nitriles is 1. The second-order valence-corrected chi connectivity index (χ2v) is 5.36. The SMILES string of the molecule is CNc1nc(Cl)nc(NC2(C#N)CCCC(C)C2)n1. The Bertz CT molecular complexity index is 499. The standard InChI is InChI=1S/C12H17ClN6/c1-8-4-3-5-12(6-8,7-14)19-11-17-9(13)16-10(15-2)18-11/h8H,3-6H2,1-2H3,(H2,15,16,17,18,19). The highest BCUT2D eigenvalue weighted by atomic mass is 35.5. The van der Waals surface area contributed by atoms with Gasteiger partial charge in [-0.25, -0.2) is 0 Å². The molecule has 6 nitrogen and oxygen atoms in total. The number of rotatable bonds is 3. The lowest BCUT2D eigenvalue weighted by atomic mass is 9.77. The largest absolute Gasteiger partial charge is 0.357 e. The van der Waals surface area contributed by atoms with Gasteiger partial charge in [0.2, 0.25) is 17.2 Å². The van der Waals surface area contributed by atoms with E-state index in [2.05, 4.69) is 38.6 Å². The quantitative estimate of drug-likeness (QED) is 0.884. The average Bonchev–Trinajstić information content (AvgIpc) is 2.38. The van der Waals surface area contributed by atoms with Crippen LogP contribution in [0.15, 0.2) is 0 Å². The van der Waals surface area contributed by atoms with Crippen molar-refractivity contribution in [2.75, 3.05) is 17.7 Å². The molecular formula is C12H17ClN6. The van der Waals surface area contributed by atoms with Gasteiger partial charge >= 0.3 is 0 Å². The van der Waals surface area contributed by atoms with Crippen molar-refractivity contribution in [3.05, 3.63) is 5.28 Å². The summed E-state index contributed by atoms with van der Waals surface area (Å²) >= 11 is 5.84. The monoisotopic (exact) mass is 280 g/mol. The molecule has 1 aromatic heterocycles. The number of nitrogens with one attached hydrogen (secondary N) is 2. The van der Waals surface area contributed by atoms with E-state index in [1.54, 1.807) is 7.05 Å². The van der Waals surface area contributed by atoms with Crippen molar-refractivity contribution in [2.45, 2.75) is 38.1 Å². The zero-order valence-corrected chi connectivity index (χ0v) is 11.8. The van der Waals surface area contributed by atoms with Crippen LogP contribution in [0.3, 0.4) is 0 Å². The molecule has 19 heavy (non-hydrogen) atoms. The minimum atomic E-state index is -0.604. The first-order chi connectivity index (χ1) is 9.07. The summed E-state index contributed by atoms with van der Waals surface area (Å²) in [5, 5.41) is 15.6. The predicted octanol–water partition coefficient (Wildman–Crippen LogP) is 2.45. The van der Waals surface area contributed by atoms with Crippen LogP contribution >= 0.6 is 11.6 Å². The van der Waals surface area contributed by atoms with Gasteiger partial charge in [0.1, 0.15) is 5.54 Å². The van der Waals surface area contributed by atoms with Crippen molar-refractivity contribution >= 4 is 23.5 Å². The molecule has 2 rings (SSSR count). The molecule has 0 aliphatic heterocycles. The van der Waals surface area contributed by atoms with E-state index in [4.69, 9.17) is 11.6 Å². The lowest BCUT2D eigenvalue weighted by Crippen LogP contribution is -2.41. The summed E-state index contributed by atoms with van der Waals surface area (Å²) in [6.07, 6.45) is 3.78. The molecule has 1 aromatic rings. The van der Waals surface area contributed by atoms with Gasteiger partial charge in [-0.2, -0.15) is 20.2 Å². The zero-order valence-electron chi connectivity index (χ0n) is 11.1. The zero-order chi connectivity index (χ0) is 13.9. The molecule has 2 atom stereocenters. The van der Waals surface area contributed by atoms with Crippen molar-refractivity contribution < 1.29 is 0 Å². The Labute approximate surface area is 117 Å². The van der Waals surface area contributed by atoms with Gasteiger partial charge in [0, 0.05) is 7.05 Å². The molecule has 0 aromatic carbocycles. The van der Waals surface area contributed by atoms with E-state index in [1.165, 1.54) is 0 Å². The number of hydrogen-bond donors (Lipinski definition) is 2. The Morgan fingerprint density at radius 3 is 2.74 bits per heavy atom. The number of nitrogens with zero attached hydrogens (tertiary/aromatic N) is 4. The summed E-state index contributed by atoms with van der Waals surface area (Å²) in [7, 11) is 1.71. The Morgan fingerprint density at radius 2 is 2.11 bits per heavy atom. The lowest BCUT2D eigenvalue weighted by Gasteiger charge is -2.34. The van der Waals surface area contributed by atoms with Crippen molar-refractivity contribution in [3.8, 4) is 6.07 Å². The first kappa shape index (κ1) is 13.8. The van der Waals surface area contributed by atoms with Gasteiger partial charge in [-0.1, -0.05) is 13.3 Å². The number of anilines is 2. The Balaban J connectivity index is 2.23. The van der Waals surface area contributed by atoms with E-state index in [1.807, 2.05) is 0 Å². The molecule has 2 N–H and O–H groups in total. The van der Waals surface area contributed by atoms with Crippen molar-refractivity contribution in [2.24, 2.45) is 5.92 Å². The maximum Gasteiger partial charge on any atom is 0.230 e. The molecular weight excluding hydrogens is 264 g/mol. The minimum absolute atomic E-state index is 0.110. The van der Waals surface area contributed by atoms with Crippen LogP contribution in [0.5, 0.6) is 0 Å². The van der Waals surface area contributed by atoms with E-state index in [9.17, 15) is 5.26 Å². The predicted molar refractivity (Wildman–Crippen MR) is 74.0 cm³/mol. The molecule has 0 bridgehead atoms. The van der Waals surface area contributed by atoms with Gasteiger partial charge in [-0.15, -0.1) is 0 Å². The van der Waals surface area contributed by atoms with E-state index >= 15 is 0 Å². The summed E-state index contributed by atoms with van der Waals surface area (Å²) in [6, 6.07) is 2.38. The van der Waals surface area contributed by atoms with E-state index in [0.717, 1.165) is 25.7 Å². The summed E-state index contributed by atoms with van der Waals surface area (Å²) in [5.41, 5.74) is -0.604. The molecule has 0 spiro atoms. The van der Waals surface area contributed by atoms with Crippen molar-refractivity contribution in [1.82, 2.24) is 15.0 Å². The third-order valence-electron chi connectivity index (χ3n) is 3.39. The smallest absolute Gasteiger partial charge is 0.230 e. The lowest BCUT2D eigenvalue weighted by molar-refractivity contribution is 0.307. The first-order valence-electron chi connectivity index (χ1n) is 6.36. The molecule has 1 aliphatic rings. The van der Waals surface area contributed by atoms with Crippen LogP contribution in [0.25, 0.3) is 0 Å². The highest BCUT2D eigenvalue weighted by molar-refractivity contribution is 6.28. The fraction of sp³-hybridized carbons (Fsp3) is 0.667. The molecule has 1 aliphatic carbocycles. The molecule has 2 unspecified atom stereocenters. The van der Waals surface area contributed by atoms with Gasteiger partial charge < -0.3 is 10.6 Å². The number of halogens is 1. The van der Waals surface area contributed by atoms with Gasteiger partial charge in [0.15, 0.2) is 0 Å². The molecule has 1 fully saturated rings. The minimum Gasteiger partial charge on any atom is -0.357 e. The van der Waals surface area contributed by atoms with Crippen molar-refractivity contribution in [3.63, 3.8) is 0 Å². The van der Waals surface area contributed by atoms with Crippen molar-refractivity contribution in [1.29, 1.82) is 5.26 Å². The van der Waals surface area contributed by atoms with Crippen LogP contribution in [0, 0.1) is 17.2 Å². The summed E-state index contributed by atoms with van der Waals surface area (Å²) in [5.74, 6) is 1.25. The van der Waals surface area contributed by atoms with Crippen LogP contribution < -0.4 is 10.6 Å². The normalized spacial score (nSPS) is 26.5. The second kappa shape index (κ2) is 5.57. The molecule has 0 radical (unpaired) electrons. The molecule has 102 valence electrons. The highest BCUT2D eigenvalue weighted by Crippen LogP contribution is 2.34. The molecule has 1 heterocycles. The van der Waals surface area contributed by atoms with Crippen LogP contribution in [0.2, 0.25) is 5.28 Å². The van der Waals surface area contributed by atoms with E-state index in [0.29, 0.717) is 17.8 Å². The molecule has 1 saturated carbocycles. The second-order valence-electron chi connectivity index (χ2n) is 5.02. The van der Waals surface area contributed by atoms with Crippen LogP contribution in [-0.4, -0.2) is 27.5 Å². The Kier molecular flexibility index (Phi) is 4.05. The van der Waals surface area contributed by atoms with Crippen LogP contribution in [-0.2, 0) is 0 Å². The highest BCUT2D eigenvalue weighted by Gasteiger charge is 2.35. The number of aromatic nitrogens is 3. The third-order valence-corrected chi connectivity index (χ3v) is 3.56. The first-order valence-corrected chi connectivity index (χ1v) is 6.73. The van der Waals surface area contributed by atoms with Gasteiger partial charge in [-0.3, -0.25) is 0 Å². The Hall–Kier alpha value is -1.61. The fourth-order valence-corrected chi connectivity index (χ4v) is 2.69. The van der Waals surface area contributed by atoms with E-state index in [-0.39, 0.29) is 5.28 Å². The maximum atomic E-state index is 9.48. The average molecular weight is 281 g/mol. The van der Waals surface area contributed by atoms with Crippen LogP contribution in [0.4, 0.5) is 11.9 Å². The van der Waals surface area contributed by atoms with Gasteiger partial charge in [0.05, 0.1) is 6.07 Å². The third kappa shape index (κ3) is 3.24. The Morgan fingerprint density at radius 1 is 1.37 bits per heavy atom. The maximum absolute atomic E-state index is 9.48. The molecule has 0 amide bonds. The topological polar surface area (TPSA) is 86.5 Å².